The number of aromatic nitrogens is 2. The van der Waals surface area contributed by atoms with Crippen LogP contribution in [-0.2, 0) is 0 Å². The SMILES string of the molecule is CCCC1CCC(n2c(=S)[nH]c3c(F)cc(F)cc32)CC1. The van der Waals surface area contributed by atoms with Gasteiger partial charge < -0.3 is 9.55 Å². The standard InChI is InChI=1S/C16H20F2N2S/c1-2-3-10-4-6-12(7-5-10)20-14-9-11(17)8-13(18)15(14)19-16(20)21/h8-10,12H,2-7H2,1H3,(H,19,21). The molecule has 0 amide bonds. The van der Waals surface area contributed by atoms with E-state index in [2.05, 4.69) is 11.9 Å². The zero-order chi connectivity index (χ0) is 15.0. The first-order chi connectivity index (χ1) is 10.1. The Morgan fingerprint density at radius 2 is 1.95 bits per heavy atom. The maximum Gasteiger partial charge on any atom is 0.178 e. The van der Waals surface area contributed by atoms with E-state index < -0.39 is 11.6 Å². The van der Waals surface area contributed by atoms with Gasteiger partial charge in [0.25, 0.3) is 0 Å². The highest BCUT2D eigenvalue weighted by atomic mass is 32.1. The molecule has 0 saturated heterocycles. The van der Waals surface area contributed by atoms with Gasteiger partial charge in [-0.1, -0.05) is 19.8 Å². The summed E-state index contributed by atoms with van der Waals surface area (Å²) >= 11 is 5.34. The lowest BCUT2D eigenvalue weighted by Gasteiger charge is -2.29. The molecule has 0 unspecified atom stereocenters. The average Bonchev–Trinajstić information content (AvgIpc) is 2.77. The van der Waals surface area contributed by atoms with Gasteiger partial charge in [-0.3, -0.25) is 0 Å². The molecule has 2 aromatic rings. The highest BCUT2D eigenvalue weighted by molar-refractivity contribution is 7.71. The smallest absolute Gasteiger partial charge is 0.178 e. The van der Waals surface area contributed by atoms with Crippen molar-refractivity contribution in [2.75, 3.05) is 0 Å². The number of imidazole rings is 1. The Hall–Kier alpha value is -1.23. The summed E-state index contributed by atoms with van der Waals surface area (Å²) in [5.41, 5.74) is 0.869. The van der Waals surface area contributed by atoms with Crippen molar-refractivity contribution < 1.29 is 8.78 Å². The molecule has 0 atom stereocenters. The van der Waals surface area contributed by atoms with Gasteiger partial charge >= 0.3 is 0 Å². The van der Waals surface area contributed by atoms with Gasteiger partial charge in [0.1, 0.15) is 11.3 Å². The molecule has 5 heteroatoms. The number of hydrogen-bond acceptors (Lipinski definition) is 1. The summed E-state index contributed by atoms with van der Waals surface area (Å²) in [5, 5.41) is 0. The molecule has 114 valence electrons. The molecule has 1 aliphatic rings. The number of halogens is 2. The molecule has 0 aliphatic heterocycles. The molecule has 1 aliphatic carbocycles. The van der Waals surface area contributed by atoms with Crippen molar-refractivity contribution in [1.29, 1.82) is 0 Å². The Kier molecular flexibility index (Phi) is 4.11. The van der Waals surface area contributed by atoms with Crippen molar-refractivity contribution in [3.63, 3.8) is 0 Å². The monoisotopic (exact) mass is 310 g/mol. The van der Waals surface area contributed by atoms with Crippen LogP contribution in [-0.4, -0.2) is 9.55 Å². The van der Waals surface area contributed by atoms with E-state index in [1.54, 1.807) is 0 Å². The van der Waals surface area contributed by atoms with E-state index in [9.17, 15) is 8.78 Å². The molecular formula is C16H20F2N2S. The third-order valence-electron chi connectivity index (χ3n) is 4.62. The summed E-state index contributed by atoms with van der Waals surface area (Å²) in [7, 11) is 0. The van der Waals surface area contributed by atoms with Crippen molar-refractivity contribution in [2.24, 2.45) is 5.92 Å². The van der Waals surface area contributed by atoms with Gasteiger partial charge in [0.05, 0.1) is 5.52 Å². The fraction of sp³-hybridized carbons (Fsp3) is 0.562. The molecule has 2 nitrogen and oxygen atoms in total. The number of aromatic amines is 1. The quantitative estimate of drug-likeness (QED) is 0.741. The maximum atomic E-state index is 13.8. The summed E-state index contributed by atoms with van der Waals surface area (Å²) in [5.74, 6) is -0.337. The number of hydrogen-bond donors (Lipinski definition) is 1. The first-order valence-corrected chi connectivity index (χ1v) is 8.10. The molecule has 1 saturated carbocycles. The van der Waals surface area contributed by atoms with Gasteiger partial charge in [-0.2, -0.15) is 0 Å². The molecule has 1 fully saturated rings. The van der Waals surface area contributed by atoms with Crippen LogP contribution in [0.4, 0.5) is 8.78 Å². The Labute approximate surface area is 128 Å². The van der Waals surface area contributed by atoms with Crippen molar-refractivity contribution in [3.05, 3.63) is 28.5 Å². The van der Waals surface area contributed by atoms with Crippen LogP contribution in [0.1, 0.15) is 51.5 Å². The third kappa shape index (κ3) is 2.76. The van der Waals surface area contributed by atoms with Crippen molar-refractivity contribution in [3.8, 4) is 0 Å². The van der Waals surface area contributed by atoms with Crippen LogP contribution in [0.2, 0.25) is 0 Å². The Balaban J connectivity index is 1.94. The van der Waals surface area contributed by atoms with Gasteiger partial charge in [-0.15, -0.1) is 0 Å². The predicted octanol–water partition coefficient (Wildman–Crippen LogP) is 5.51. The number of H-pyrrole nitrogens is 1. The normalized spacial score (nSPS) is 22.8. The molecule has 1 aromatic carbocycles. The lowest BCUT2D eigenvalue weighted by Crippen LogP contribution is -2.18. The van der Waals surface area contributed by atoms with E-state index in [1.165, 1.54) is 31.7 Å². The van der Waals surface area contributed by atoms with Crippen LogP contribution in [0, 0.1) is 22.3 Å². The van der Waals surface area contributed by atoms with Crippen LogP contribution in [0.3, 0.4) is 0 Å². The molecule has 0 bridgehead atoms. The second-order valence-corrected chi connectivity index (χ2v) is 6.43. The highest BCUT2D eigenvalue weighted by Gasteiger charge is 2.24. The van der Waals surface area contributed by atoms with Gasteiger partial charge in [-0.25, -0.2) is 8.78 Å². The van der Waals surface area contributed by atoms with Crippen molar-refractivity contribution >= 4 is 23.3 Å². The van der Waals surface area contributed by atoms with E-state index in [1.807, 2.05) is 4.57 Å². The fourth-order valence-electron chi connectivity index (χ4n) is 3.61. The van der Waals surface area contributed by atoms with E-state index in [4.69, 9.17) is 12.2 Å². The van der Waals surface area contributed by atoms with Crippen LogP contribution in [0.25, 0.3) is 11.0 Å². The van der Waals surface area contributed by atoms with Gasteiger partial charge in [0.15, 0.2) is 10.6 Å². The molecule has 21 heavy (non-hydrogen) atoms. The van der Waals surface area contributed by atoms with Crippen LogP contribution < -0.4 is 0 Å². The second kappa shape index (κ2) is 5.87. The van der Waals surface area contributed by atoms with E-state index in [0.29, 0.717) is 15.8 Å². The molecular weight excluding hydrogens is 290 g/mol. The van der Waals surface area contributed by atoms with Crippen molar-refractivity contribution in [1.82, 2.24) is 9.55 Å². The molecule has 0 radical (unpaired) electrons. The molecule has 1 N–H and O–H groups in total. The topological polar surface area (TPSA) is 20.7 Å². The fourth-order valence-corrected chi connectivity index (χ4v) is 3.96. The van der Waals surface area contributed by atoms with E-state index >= 15 is 0 Å². The maximum absolute atomic E-state index is 13.8. The second-order valence-electron chi connectivity index (χ2n) is 6.05. The third-order valence-corrected chi connectivity index (χ3v) is 4.92. The minimum Gasteiger partial charge on any atom is -0.328 e. The summed E-state index contributed by atoms with van der Waals surface area (Å²) in [6, 6.07) is 2.53. The van der Waals surface area contributed by atoms with Gasteiger partial charge in [0, 0.05) is 12.1 Å². The number of rotatable bonds is 3. The van der Waals surface area contributed by atoms with E-state index in [0.717, 1.165) is 24.8 Å². The highest BCUT2D eigenvalue weighted by Crippen LogP contribution is 2.36. The summed E-state index contributed by atoms with van der Waals surface area (Å²) in [4.78, 5) is 2.89. The first-order valence-electron chi connectivity index (χ1n) is 7.69. The molecule has 3 rings (SSSR count). The molecule has 1 heterocycles. The summed E-state index contributed by atoms with van der Waals surface area (Å²) in [6.07, 6.45) is 6.90. The summed E-state index contributed by atoms with van der Waals surface area (Å²) < 4.78 is 29.8. The minimum absolute atomic E-state index is 0.251. The van der Waals surface area contributed by atoms with Gasteiger partial charge in [0.2, 0.25) is 0 Å². The van der Waals surface area contributed by atoms with Crippen molar-refractivity contribution in [2.45, 2.75) is 51.5 Å². The molecule has 1 aromatic heterocycles. The zero-order valence-electron chi connectivity index (χ0n) is 12.2. The first kappa shape index (κ1) is 14.7. The number of nitrogens with one attached hydrogen (secondary N) is 1. The van der Waals surface area contributed by atoms with E-state index in [-0.39, 0.29) is 6.04 Å². The Bertz CT molecular complexity index is 696. The zero-order valence-corrected chi connectivity index (χ0v) is 13.0. The molecule has 0 spiro atoms. The lowest BCUT2D eigenvalue weighted by molar-refractivity contribution is 0.264. The van der Waals surface area contributed by atoms with Crippen LogP contribution >= 0.6 is 12.2 Å². The summed E-state index contributed by atoms with van der Waals surface area (Å²) in [6.45, 7) is 2.22. The van der Waals surface area contributed by atoms with Gasteiger partial charge in [-0.05, 0) is 49.9 Å². The Morgan fingerprint density at radius 1 is 1.24 bits per heavy atom. The average molecular weight is 310 g/mol. The number of benzene rings is 1. The lowest BCUT2D eigenvalue weighted by atomic mass is 9.83. The number of nitrogens with zero attached hydrogens (tertiary/aromatic N) is 1. The minimum atomic E-state index is -0.575. The largest absolute Gasteiger partial charge is 0.328 e. The number of fused-ring (bicyclic) bond motifs is 1. The van der Waals surface area contributed by atoms with Crippen LogP contribution in [0.15, 0.2) is 12.1 Å². The van der Waals surface area contributed by atoms with Crippen LogP contribution in [0.5, 0.6) is 0 Å². The predicted molar refractivity (Wildman–Crippen MR) is 82.9 cm³/mol. The Morgan fingerprint density at radius 3 is 2.62 bits per heavy atom.